The summed E-state index contributed by atoms with van der Waals surface area (Å²) in [7, 11) is 0. The minimum Gasteiger partial charge on any atom is -0.393 e. The third kappa shape index (κ3) is 3.63. The van der Waals surface area contributed by atoms with Crippen molar-refractivity contribution in [3.63, 3.8) is 0 Å². The van der Waals surface area contributed by atoms with Gasteiger partial charge in [0.1, 0.15) is 0 Å². The number of allylic oxidation sites excluding steroid dienone is 3. The lowest BCUT2D eigenvalue weighted by atomic mass is 9.43. The van der Waals surface area contributed by atoms with E-state index < -0.39 is 5.60 Å². The van der Waals surface area contributed by atoms with E-state index in [9.17, 15) is 15.0 Å². The quantitative estimate of drug-likeness (QED) is 0.467. The number of fused-ring (bicyclic) bond motifs is 4. The third-order valence-electron chi connectivity index (χ3n) is 11.2. The van der Waals surface area contributed by atoms with E-state index in [1.807, 2.05) is 19.9 Å². The highest BCUT2D eigenvalue weighted by Gasteiger charge is 2.65. The van der Waals surface area contributed by atoms with Crippen molar-refractivity contribution in [2.45, 2.75) is 118 Å². The minimum atomic E-state index is -0.774. The zero-order valence-corrected chi connectivity index (χ0v) is 22.4. The number of hydrogen-bond donors (Lipinski definition) is 2. The highest BCUT2D eigenvalue weighted by Crippen LogP contribution is 2.71. The predicted molar refractivity (Wildman–Crippen MR) is 135 cm³/mol. The van der Waals surface area contributed by atoms with E-state index in [1.165, 1.54) is 24.0 Å². The molecule has 4 rings (SSSR count). The Kier molecular flexibility index (Phi) is 5.94. The van der Waals surface area contributed by atoms with E-state index >= 15 is 0 Å². The van der Waals surface area contributed by atoms with Crippen LogP contribution in [0.4, 0.5) is 0 Å². The molecule has 4 aliphatic rings. The topological polar surface area (TPSA) is 57.5 Å². The first-order valence-corrected chi connectivity index (χ1v) is 13.4. The number of aliphatic hydroxyl groups is 2. The molecule has 0 amide bonds. The van der Waals surface area contributed by atoms with Crippen LogP contribution in [0.25, 0.3) is 0 Å². The summed E-state index contributed by atoms with van der Waals surface area (Å²) in [5.41, 5.74) is 1.72. The second-order valence-electron chi connectivity index (χ2n) is 14.0. The second-order valence-corrected chi connectivity index (χ2v) is 14.0. The normalized spacial score (nSPS) is 43.9. The van der Waals surface area contributed by atoms with Crippen LogP contribution in [-0.2, 0) is 4.79 Å². The summed E-state index contributed by atoms with van der Waals surface area (Å²) in [6.07, 6.45) is 11.6. The van der Waals surface area contributed by atoms with Gasteiger partial charge in [0.2, 0.25) is 0 Å². The maximum atomic E-state index is 14.0. The van der Waals surface area contributed by atoms with Crippen LogP contribution in [0.5, 0.6) is 0 Å². The smallest absolute Gasteiger partial charge is 0.159 e. The van der Waals surface area contributed by atoms with Crippen LogP contribution in [0.1, 0.15) is 107 Å². The van der Waals surface area contributed by atoms with Crippen molar-refractivity contribution in [3.05, 3.63) is 23.3 Å². The number of aliphatic hydroxyl groups excluding tert-OH is 1. The maximum Gasteiger partial charge on any atom is 0.159 e. The number of Topliss-reactive ketones (excluding diaryl/α,β-unsaturated/α-hetero) is 1. The Morgan fingerprint density at radius 1 is 1.09 bits per heavy atom. The molecule has 0 aliphatic heterocycles. The molecule has 3 heteroatoms. The van der Waals surface area contributed by atoms with Crippen LogP contribution < -0.4 is 0 Å². The van der Waals surface area contributed by atoms with Crippen molar-refractivity contribution in [2.75, 3.05) is 0 Å². The van der Waals surface area contributed by atoms with Crippen molar-refractivity contribution >= 4 is 5.78 Å². The first-order chi connectivity index (χ1) is 15.1. The monoisotopic (exact) mass is 456 g/mol. The van der Waals surface area contributed by atoms with Gasteiger partial charge in [-0.2, -0.15) is 0 Å². The minimum absolute atomic E-state index is 0.00218. The van der Waals surface area contributed by atoms with Gasteiger partial charge in [-0.05, 0) is 98.2 Å². The Morgan fingerprint density at radius 3 is 2.39 bits per heavy atom. The van der Waals surface area contributed by atoms with Crippen LogP contribution >= 0.6 is 0 Å². The molecular formula is C30H48O3. The van der Waals surface area contributed by atoms with Gasteiger partial charge in [0.25, 0.3) is 0 Å². The standard InChI is InChI=1S/C30H48O3/c1-19(10-9-15-26(2,3)33)20-13-17-29(7)21-11-12-23-27(4,5)24(32)14-16-28(23,6)25(21)22(31)18-30(20,29)8/h9,15,19-20,23-24,32-33H,10-14,16-18H2,1-8H3/b15-9+/t19-,20+,23-,24-,28-,29-,30-/m0/s1. The van der Waals surface area contributed by atoms with Gasteiger partial charge < -0.3 is 10.2 Å². The molecule has 0 unspecified atom stereocenters. The molecule has 0 spiro atoms. The second kappa shape index (κ2) is 7.79. The van der Waals surface area contributed by atoms with Gasteiger partial charge in [-0.3, -0.25) is 4.79 Å². The summed E-state index contributed by atoms with van der Waals surface area (Å²) in [6, 6.07) is 0. The van der Waals surface area contributed by atoms with Crippen molar-refractivity contribution in [1.29, 1.82) is 0 Å². The molecule has 33 heavy (non-hydrogen) atoms. The Bertz CT molecular complexity index is 873. The highest BCUT2D eigenvalue weighted by atomic mass is 16.3. The molecule has 2 fully saturated rings. The van der Waals surface area contributed by atoms with Crippen LogP contribution in [0, 0.1) is 39.4 Å². The van der Waals surface area contributed by atoms with Gasteiger partial charge in [-0.15, -0.1) is 0 Å². The first kappa shape index (κ1) is 25.2. The number of rotatable bonds is 4. The molecule has 186 valence electrons. The van der Waals surface area contributed by atoms with Crippen molar-refractivity contribution in [1.82, 2.24) is 0 Å². The predicted octanol–water partition coefficient (Wildman–Crippen LogP) is 6.63. The highest BCUT2D eigenvalue weighted by molar-refractivity contribution is 5.99. The largest absolute Gasteiger partial charge is 0.393 e. The molecule has 3 nitrogen and oxygen atoms in total. The Hall–Kier alpha value is -0.930. The van der Waals surface area contributed by atoms with Crippen molar-refractivity contribution < 1.29 is 15.0 Å². The van der Waals surface area contributed by atoms with E-state index in [4.69, 9.17) is 0 Å². The molecule has 4 aliphatic carbocycles. The van der Waals surface area contributed by atoms with Crippen LogP contribution in [-0.4, -0.2) is 27.7 Å². The Labute approximate surface area is 202 Å². The van der Waals surface area contributed by atoms with Gasteiger partial charge >= 0.3 is 0 Å². The SMILES string of the molecule is C[C@@H](C/C=C/C(C)(C)O)[C@H]1CC[C@@]2(C)C3=C(C(=O)C[C@@]12C)[C@@]1(C)CC[C@H](O)C(C)(C)[C@@H]1CC3. The van der Waals surface area contributed by atoms with Gasteiger partial charge in [0.15, 0.2) is 5.78 Å². The first-order valence-electron chi connectivity index (χ1n) is 13.4. The van der Waals surface area contributed by atoms with Crippen molar-refractivity contribution in [2.24, 2.45) is 39.4 Å². The summed E-state index contributed by atoms with van der Waals surface area (Å²) in [5, 5.41) is 20.8. The van der Waals surface area contributed by atoms with Crippen molar-refractivity contribution in [3.8, 4) is 0 Å². The summed E-state index contributed by atoms with van der Waals surface area (Å²) in [6.45, 7) is 17.6. The third-order valence-corrected chi connectivity index (χ3v) is 11.2. The molecule has 0 aromatic rings. The number of carbonyl (C=O) groups excluding carboxylic acids is 1. The summed E-state index contributed by atoms with van der Waals surface area (Å²) in [4.78, 5) is 14.0. The Morgan fingerprint density at radius 2 is 1.76 bits per heavy atom. The maximum absolute atomic E-state index is 14.0. The zero-order valence-electron chi connectivity index (χ0n) is 22.4. The zero-order chi connectivity index (χ0) is 24.6. The molecule has 2 N–H and O–H groups in total. The van der Waals surface area contributed by atoms with E-state index in [0.717, 1.165) is 32.1 Å². The molecule has 0 bridgehead atoms. The molecule has 7 atom stereocenters. The summed E-state index contributed by atoms with van der Waals surface area (Å²) in [5.74, 6) is 1.77. The van der Waals surface area contributed by atoms with Gasteiger partial charge in [-0.1, -0.05) is 59.3 Å². The number of hydrogen-bond acceptors (Lipinski definition) is 3. The molecule has 0 aromatic carbocycles. The van der Waals surface area contributed by atoms with E-state index in [-0.39, 0.29) is 27.8 Å². The van der Waals surface area contributed by atoms with E-state index in [1.54, 1.807) is 0 Å². The number of ketones is 1. The van der Waals surface area contributed by atoms with Crippen LogP contribution in [0.15, 0.2) is 23.3 Å². The van der Waals surface area contributed by atoms with Crippen LogP contribution in [0.2, 0.25) is 0 Å². The lowest BCUT2D eigenvalue weighted by molar-refractivity contribution is -0.131. The van der Waals surface area contributed by atoms with Gasteiger partial charge in [0, 0.05) is 12.0 Å². The van der Waals surface area contributed by atoms with Crippen LogP contribution in [0.3, 0.4) is 0 Å². The fraction of sp³-hybridized carbons (Fsp3) is 0.833. The fourth-order valence-corrected chi connectivity index (χ4v) is 9.17. The average Bonchev–Trinajstić information content (AvgIpc) is 2.95. The lowest BCUT2D eigenvalue weighted by Gasteiger charge is -2.61. The summed E-state index contributed by atoms with van der Waals surface area (Å²) >= 11 is 0. The molecule has 0 aromatic heterocycles. The van der Waals surface area contributed by atoms with E-state index in [0.29, 0.717) is 30.0 Å². The molecule has 0 radical (unpaired) electrons. The molecular weight excluding hydrogens is 408 g/mol. The van der Waals surface area contributed by atoms with Gasteiger partial charge in [-0.25, -0.2) is 0 Å². The Balaban J connectivity index is 1.70. The van der Waals surface area contributed by atoms with E-state index in [2.05, 4.69) is 47.6 Å². The molecule has 0 saturated heterocycles. The summed E-state index contributed by atoms with van der Waals surface area (Å²) < 4.78 is 0. The average molecular weight is 457 g/mol. The molecule has 2 saturated carbocycles. The van der Waals surface area contributed by atoms with Gasteiger partial charge in [0.05, 0.1) is 11.7 Å². The molecule has 0 heterocycles. The fourth-order valence-electron chi connectivity index (χ4n) is 9.17. The lowest BCUT2D eigenvalue weighted by Crippen LogP contribution is -2.57. The number of carbonyl (C=O) groups is 1.